The molecule has 0 bridgehead atoms. The summed E-state index contributed by atoms with van der Waals surface area (Å²) in [5, 5.41) is 8.27. The van der Waals surface area contributed by atoms with Gasteiger partial charge in [0.1, 0.15) is 5.01 Å². The van der Waals surface area contributed by atoms with Crippen LogP contribution in [0.15, 0.2) is 146 Å². The van der Waals surface area contributed by atoms with Crippen LogP contribution in [0.25, 0.3) is 87.3 Å². The van der Waals surface area contributed by atoms with Gasteiger partial charge in [0, 0.05) is 22.3 Å². The maximum atomic E-state index is 5.09. The normalized spacial score (nSPS) is 11.6. The quantitative estimate of drug-likeness (QED) is 0.191. The van der Waals surface area contributed by atoms with E-state index >= 15 is 0 Å². The summed E-state index contributed by atoms with van der Waals surface area (Å²) in [6.45, 7) is 0. The lowest BCUT2D eigenvalue weighted by Gasteiger charge is -2.11. The summed E-state index contributed by atoms with van der Waals surface area (Å²) < 4.78 is 1.17. The van der Waals surface area contributed by atoms with Crippen molar-refractivity contribution in [1.82, 2.24) is 19.9 Å². The Balaban J connectivity index is 1.24. The van der Waals surface area contributed by atoms with Crippen LogP contribution in [-0.2, 0) is 0 Å². The van der Waals surface area contributed by atoms with E-state index in [9.17, 15) is 0 Å². The summed E-state index contributed by atoms with van der Waals surface area (Å²) >= 11 is 1.69. The van der Waals surface area contributed by atoms with Gasteiger partial charge in [-0.1, -0.05) is 121 Å². The van der Waals surface area contributed by atoms with Gasteiger partial charge in [0.25, 0.3) is 0 Å². The summed E-state index contributed by atoms with van der Waals surface area (Å²) in [6, 6.07) is 50.6. The van der Waals surface area contributed by atoms with Crippen molar-refractivity contribution in [2.24, 2.45) is 0 Å². The maximum Gasteiger partial charge on any atom is 0.164 e. The van der Waals surface area contributed by atoms with Gasteiger partial charge in [-0.3, -0.25) is 0 Å². The van der Waals surface area contributed by atoms with E-state index in [2.05, 4.69) is 109 Å². The van der Waals surface area contributed by atoms with E-state index in [-0.39, 0.29) is 0 Å². The maximum absolute atomic E-state index is 5.09. The molecule has 0 saturated carbocycles. The molecule has 2 heterocycles. The number of rotatable bonds is 4. The van der Waals surface area contributed by atoms with Crippen LogP contribution in [0.4, 0.5) is 0 Å². The molecule has 2 aromatic heterocycles. The molecule has 5 heteroatoms. The van der Waals surface area contributed by atoms with Gasteiger partial charge in [-0.15, -0.1) is 11.3 Å². The lowest BCUT2D eigenvalue weighted by Crippen LogP contribution is -2.00. The number of para-hydroxylation sites is 1. The number of benzene rings is 7. The zero-order valence-corrected chi connectivity index (χ0v) is 24.9. The molecule has 0 amide bonds. The van der Waals surface area contributed by atoms with Crippen LogP contribution in [0.1, 0.15) is 0 Å². The molecule has 9 rings (SSSR count). The zero-order valence-electron chi connectivity index (χ0n) is 24.1. The Bertz CT molecular complexity index is 2520. The van der Waals surface area contributed by atoms with Crippen molar-refractivity contribution in [2.45, 2.75) is 0 Å². The first-order chi connectivity index (χ1) is 22.3. The van der Waals surface area contributed by atoms with Crippen molar-refractivity contribution in [3.8, 4) is 44.7 Å². The predicted molar refractivity (Wildman–Crippen MR) is 187 cm³/mol. The number of thiazole rings is 1. The van der Waals surface area contributed by atoms with Crippen LogP contribution >= 0.6 is 11.3 Å². The minimum atomic E-state index is 0.630. The van der Waals surface area contributed by atoms with Gasteiger partial charge in [0.2, 0.25) is 0 Å². The van der Waals surface area contributed by atoms with Gasteiger partial charge in [0.15, 0.2) is 17.5 Å². The van der Waals surface area contributed by atoms with Crippen molar-refractivity contribution in [2.75, 3.05) is 0 Å². The molecule has 9 aromatic rings. The molecule has 4 nitrogen and oxygen atoms in total. The smallest absolute Gasteiger partial charge is 0.164 e. The molecule has 7 aromatic carbocycles. The average molecular weight is 593 g/mol. The Hall–Kier alpha value is -5.78. The van der Waals surface area contributed by atoms with Gasteiger partial charge in [-0.05, 0) is 56.6 Å². The molecule has 0 saturated heterocycles. The third-order valence-corrected chi connectivity index (χ3v) is 9.40. The summed E-state index contributed by atoms with van der Waals surface area (Å²) in [5.74, 6) is 1.91. The second-order valence-corrected chi connectivity index (χ2v) is 12.2. The molecular weight excluding hydrogens is 569 g/mol. The summed E-state index contributed by atoms with van der Waals surface area (Å²) in [6.07, 6.45) is 0. The molecule has 0 radical (unpaired) electrons. The van der Waals surface area contributed by atoms with E-state index in [0.717, 1.165) is 32.8 Å². The van der Waals surface area contributed by atoms with Crippen LogP contribution < -0.4 is 0 Å². The fourth-order valence-electron chi connectivity index (χ4n) is 6.10. The van der Waals surface area contributed by atoms with Gasteiger partial charge >= 0.3 is 0 Å². The Morgan fingerprint density at radius 1 is 0.378 bits per heavy atom. The molecule has 45 heavy (non-hydrogen) atoms. The van der Waals surface area contributed by atoms with Crippen LogP contribution in [0.2, 0.25) is 0 Å². The van der Waals surface area contributed by atoms with Crippen LogP contribution in [-0.4, -0.2) is 19.9 Å². The van der Waals surface area contributed by atoms with Crippen LogP contribution in [0, 0.1) is 0 Å². The lowest BCUT2D eigenvalue weighted by atomic mass is 9.95. The molecule has 0 unspecified atom stereocenters. The van der Waals surface area contributed by atoms with Gasteiger partial charge in [0.05, 0.1) is 10.2 Å². The van der Waals surface area contributed by atoms with Gasteiger partial charge in [-0.2, -0.15) is 0 Å². The Morgan fingerprint density at radius 3 is 1.80 bits per heavy atom. The number of aromatic nitrogens is 4. The molecule has 0 atom stereocenters. The van der Waals surface area contributed by atoms with Crippen molar-refractivity contribution in [3.63, 3.8) is 0 Å². The molecule has 210 valence electrons. The molecule has 0 spiro atoms. The lowest BCUT2D eigenvalue weighted by molar-refractivity contribution is 1.07. The van der Waals surface area contributed by atoms with Crippen molar-refractivity contribution in [3.05, 3.63) is 146 Å². The number of fused-ring (bicyclic) bond motifs is 6. The van der Waals surface area contributed by atoms with E-state index in [4.69, 9.17) is 19.9 Å². The first-order valence-corrected chi connectivity index (χ1v) is 15.7. The fourth-order valence-corrected chi connectivity index (χ4v) is 7.06. The predicted octanol–water partition coefficient (Wildman–Crippen LogP) is 10.6. The van der Waals surface area contributed by atoms with Crippen molar-refractivity contribution >= 4 is 53.9 Å². The largest absolute Gasteiger partial charge is 0.236 e. The summed E-state index contributed by atoms with van der Waals surface area (Å²) in [4.78, 5) is 20.0. The Morgan fingerprint density at radius 2 is 0.978 bits per heavy atom. The van der Waals surface area contributed by atoms with E-state index in [1.807, 2.05) is 36.4 Å². The first-order valence-electron chi connectivity index (χ1n) is 14.9. The topological polar surface area (TPSA) is 51.6 Å². The van der Waals surface area contributed by atoms with E-state index in [1.54, 1.807) is 11.3 Å². The molecule has 0 aliphatic rings. The monoisotopic (exact) mass is 592 g/mol. The molecular formula is C40H24N4S. The van der Waals surface area contributed by atoms with Crippen molar-refractivity contribution in [1.29, 1.82) is 0 Å². The Labute approximate surface area is 263 Å². The third kappa shape index (κ3) is 4.53. The second-order valence-electron chi connectivity index (χ2n) is 11.1. The SMILES string of the molecule is c1ccc(-c2nc(-c3cccc(-c4nc5ccccc5s4)c3)nc(-c3ccc4ccc5ccc6ccccc6c5c4c3)n2)cc1. The van der Waals surface area contributed by atoms with E-state index < -0.39 is 0 Å². The van der Waals surface area contributed by atoms with Gasteiger partial charge in [-0.25, -0.2) is 19.9 Å². The highest BCUT2D eigenvalue weighted by Crippen LogP contribution is 2.36. The minimum Gasteiger partial charge on any atom is -0.236 e. The van der Waals surface area contributed by atoms with E-state index in [1.165, 1.54) is 37.0 Å². The number of nitrogens with zero attached hydrogens (tertiary/aromatic N) is 4. The number of hydrogen-bond donors (Lipinski definition) is 0. The van der Waals surface area contributed by atoms with Crippen LogP contribution in [0.3, 0.4) is 0 Å². The van der Waals surface area contributed by atoms with E-state index in [0.29, 0.717) is 17.5 Å². The summed E-state index contributed by atoms with van der Waals surface area (Å²) in [5.41, 5.74) is 4.87. The standard InChI is InChI=1S/C40H24N4S/c1-2-10-28(11-3-1)37-42-38(29-12-8-13-31(23-29)40-41-34-15-6-7-16-35(34)45-40)44-39(43-37)30-22-19-26-18-21-27-20-17-25-9-4-5-14-32(25)36(27)33(26)24-30/h1-24H. The number of hydrogen-bond acceptors (Lipinski definition) is 5. The van der Waals surface area contributed by atoms with Crippen molar-refractivity contribution < 1.29 is 0 Å². The fraction of sp³-hybridized carbons (Fsp3) is 0. The van der Waals surface area contributed by atoms with Crippen LogP contribution in [0.5, 0.6) is 0 Å². The second kappa shape index (κ2) is 10.4. The molecule has 0 fully saturated rings. The Kier molecular flexibility index (Phi) is 5.96. The molecule has 0 N–H and O–H groups in total. The van der Waals surface area contributed by atoms with Gasteiger partial charge < -0.3 is 0 Å². The first kappa shape index (κ1) is 25.7. The zero-order chi connectivity index (χ0) is 29.7. The molecule has 0 aliphatic carbocycles. The highest BCUT2D eigenvalue weighted by molar-refractivity contribution is 7.21. The minimum absolute atomic E-state index is 0.630. The highest BCUT2D eigenvalue weighted by atomic mass is 32.1. The highest BCUT2D eigenvalue weighted by Gasteiger charge is 2.15. The molecule has 0 aliphatic heterocycles. The average Bonchev–Trinajstić information content (AvgIpc) is 3.56. The third-order valence-electron chi connectivity index (χ3n) is 8.31. The summed E-state index contributed by atoms with van der Waals surface area (Å²) in [7, 11) is 0.